The molecule has 0 saturated carbocycles. The Hall–Kier alpha value is -1.42. The van der Waals surface area contributed by atoms with Gasteiger partial charge in [-0.25, -0.2) is 0 Å². The molecular weight excluding hydrogens is 216 g/mol. The molecule has 1 amide bonds. The summed E-state index contributed by atoms with van der Waals surface area (Å²) in [5, 5.41) is 2.95. The quantitative estimate of drug-likeness (QED) is 0.853. The normalized spacial score (nSPS) is 24.4. The van der Waals surface area contributed by atoms with E-state index < -0.39 is 0 Å². The van der Waals surface area contributed by atoms with Crippen LogP contribution in [0.3, 0.4) is 0 Å². The van der Waals surface area contributed by atoms with Crippen molar-refractivity contribution in [3.05, 3.63) is 24.0 Å². The van der Waals surface area contributed by atoms with Crippen LogP contribution in [-0.2, 0) is 9.53 Å². The van der Waals surface area contributed by atoms with Gasteiger partial charge in [-0.2, -0.15) is 0 Å². The van der Waals surface area contributed by atoms with E-state index in [2.05, 4.69) is 10.3 Å². The average molecular weight is 234 g/mol. The highest BCUT2D eigenvalue weighted by atomic mass is 16.5. The molecule has 0 aliphatic carbocycles. The Morgan fingerprint density at radius 1 is 1.59 bits per heavy atom. The molecule has 0 bridgehead atoms. The van der Waals surface area contributed by atoms with Gasteiger partial charge < -0.3 is 10.1 Å². The van der Waals surface area contributed by atoms with Crippen LogP contribution in [0.4, 0.5) is 5.69 Å². The number of nitrogens with zero attached hydrogens (tertiary/aromatic N) is 1. The first kappa shape index (κ1) is 12.0. The van der Waals surface area contributed by atoms with Crippen molar-refractivity contribution in [1.29, 1.82) is 0 Å². The molecule has 1 saturated heterocycles. The van der Waals surface area contributed by atoms with Gasteiger partial charge in [0.1, 0.15) is 0 Å². The second-order valence-electron chi connectivity index (χ2n) is 4.50. The number of aryl methyl sites for hydroxylation is 1. The van der Waals surface area contributed by atoms with E-state index in [1.165, 1.54) is 0 Å². The topological polar surface area (TPSA) is 51.2 Å². The fraction of sp³-hybridized carbons (Fsp3) is 0.538. The van der Waals surface area contributed by atoms with Crippen molar-refractivity contribution >= 4 is 11.6 Å². The summed E-state index contributed by atoms with van der Waals surface area (Å²) in [6.07, 6.45) is 5.29. The van der Waals surface area contributed by atoms with Crippen LogP contribution < -0.4 is 5.32 Å². The summed E-state index contributed by atoms with van der Waals surface area (Å²) in [5.74, 6) is 0.00261. The second kappa shape index (κ2) is 5.27. The van der Waals surface area contributed by atoms with Gasteiger partial charge >= 0.3 is 0 Å². The second-order valence-corrected chi connectivity index (χ2v) is 4.50. The lowest BCUT2D eigenvalue weighted by molar-refractivity contribution is -0.127. The standard InChI is InChI=1S/C13H18N2O2/c1-9-8-14-6-5-12(9)15-13(16)11-4-3-7-17-10(11)2/h5-6,8,10-11H,3-4,7H2,1-2H3,(H,14,15,16)/t10-,11+/m1/s1. The van der Waals surface area contributed by atoms with Crippen molar-refractivity contribution < 1.29 is 9.53 Å². The number of hydrogen-bond donors (Lipinski definition) is 1. The van der Waals surface area contributed by atoms with Gasteiger partial charge in [0.25, 0.3) is 0 Å². The summed E-state index contributed by atoms with van der Waals surface area (Å²) >= 11 is 0. The SMILES string of the molecule is Cc1cnccc1NC(=O)[C@H]1CCCO[C@@H]1C. The van der Waals surface area contributed by atoms with Crippen LogP contribution in [0.2, 0.25) is 0 Å². The maximum atomic E-state index is 12.1. The first-order valence-corrected chi connectivity index (χ1v) is 6.01. The highest BCUT2D eigenvalue weighted by molar-refractivity contribution is 5.93. The molecule has 17 heavy (non-hydrogen) atoms. The zero-order chi connectivity index (χ0) is 12.3. The van der Waals surface area contributed by atoms with Crippen LogP contribution in [0.5, 0.6) is 0 Å². The summed E-state index contributed by atoms with van der Waals surface area (Å²) in [5.41, 5.74) is 1.81. The molecule has 0 unspecified atom stereocenters. The van der Waals surface area contributed by atoms with E-state index >= 15 is 0 Å². The number of ether oxygens (including phenoxy) is 1. The van der Waals surface area contributed by atoms with Gasteiger partial charge in [-0.1, -0.05) is 0 Å². The van der Waals surface area contributed by atoms with Gasteiger partial charge in [0, 0.05) is 24.7 Å². The summed E-state index contributed by atoms with van der Waals surface area (Å²) in [7, 11) is 0. The Bertz CT molecular complexity index is 406. The highest BCUT2D eigenvalue weighted by Crippen LogP contribution is 2.23. The van der Waals surface area contributed by atoms with Crippen molar-refractivity contribution in [2.24, 2.45) is 5.92 Å². The summed E-state index contributed by atoms with van der Waals surface area (Å²) in [6, 6.07) is 1.82. The maximum absolute atomic E-state index is 12.1. The number of aromatic nitrogens is 1. The predicted octanol–water partition coefficient (Wildman–Crippen LogP) is 2.14. The van der Waals surface area contributed by atoms with Gasteiger partial charge in [-0.3, -0.25) is 9.78 Å². The van der Waals surface area contributed by atoms with Crippen molar-refractivity contribution in [2.75, 3.05) is 11.9 Å². The fourth-order valence-electron chi connectivity index (χ4n) is 2.11. The summed E-state index contributed by atoms with van der Waals surface area (Å²) in [4.78, 5) is 16.1. The minimum atomic E-state index is -0.0451. The van der Waals surface area contributed by atoms with Gasteiger partial charge in [0.05, 0.1) is 12.0 Å². The molecule has 2 heterocycles. The number of hydrogen-bond acceptors (Lipinski definition) is 3. The number of carbonyl (C=O) groups excluding carboxylic acids is 1. The van der Waals surface area contributed by atoms with Crippen molar-refractivity contribution in [3.8, 4) is 0 Å². The smallest absolute Gasteiger partial charge is 0.230 e. The van der Waals surface area contributed by atoms with Crippen LogP contribution in [0.15, 0.2) is 18.5 Å². The lowest BCUT2D eigenvalue weighted by Crippen LogP contribution is -2.36. The molecule has 4 nitrogen and oxygen atoms in total. The van der Waals surface area contributed by atoms with E-state index in [1.807, 2.05) is 19.9 Å². The van der Waals surface area contributed by atoms with Crippen molar-refractivity contribution in [2.45, 2.75) is 32.8 Å². The number of amides is 1. The third-order valence-electron chi connectivity index (χ3n) is 3.22. The van der Waals surface area contributed by atoms with Crippen LogP contribution >= 0.6 is 0 Å². The first-order chi connectivity index (χ1) is 8.18. The van der Waals surface area contributed by atoms with Crippen LogP contribution in [-0.4, -0.2) is 23.6 Å². The lowest BCUT2D eigenvalue weighted by Gasteiger charge is -2.28. The summed E-state index contributed by atoms with van der Waals surface area (Å²) in [6.45, 7) is 4.66. The molecule has 1 N–H and O–H groups in total. The molecule has 1 aromatic rings. The van der Waals surface area contributed by atoms with Crippen molar-refractivity contribution in [1.82, 2.24) is 4.98 Å². The van der Waals surface area contributed by atoms with Crippen molar-refractivity contribution in [3.63, 3.8) is 0 Å². The molecule has 1 aliphatic rings. The monoisotopic (exact) mass is 234 g/mol. The van der Waals surface area contributed by atoms with E-state index in [4.69, 9.17) is 4.74 Å². The fourth-order valence-corrected chi connectivity index (χ4v) is 2.11. The molecular formula is C13H18N2O2. The van der Waals surface area contributed by atoms with Crippen LogP contribution in [0.1, 0.15) is 25.3 Å². The molecule has 1 aromatic heterocycles. The molecule has 4 heteroatoms. The molecule has 1 fully saturated rings. The minimum absolute atomic E-state index is 0.00546. The average Bonchev–Trinajstić information content (AvgIpc) is 2.32. The lowest BCUT2D eigenvalue weighted by atomic mass is 9.94. The molecule has 92 valence electrons. The number of pyridine rings is 1. The molecule has 0 aromatic carbocycles. The predicted molar refractivity (Wildman–Crippen MR) is 65.7 cm³/mol. The Morgan fingerprint density at radius 3 is 3.12 bits per heavy atom. The van der Waals surface area contributed by atoms with E-state index in [0.29, 0.717) is 0 Å². The van der Waals surface area contributed by atoms with Gasteiger partial charge in [0.2, 0.25) is 5.91 Å². The first-order valence-electron chi connectivity index (χ1n) is 6.01. The maximum Gasteiger partial charge on any atom is 0.230 e. The minimum Gasteiger partial charge on any atom is -0.378 e. The Balaban J connectivity index is 2.03. The number of anilines is 1. The molecule has 0 radical (unpaired) electrons. The van der Waals surface area contributed by atoms with Gasteiger partial charge in [-0.15, -0.1) is 0 Å². The number of rotatable bonds is 2. The zero-order valence-corrected chi connectivity index (χ0v) is 10.3. The van der Waals surface area contributed by atoms with E-state index in [9.17, 15) is 4.79 Å². The molecule has 2 atom stereocenters. The van der Waals surface area contributed by atoms with Gasteiger partial charge in [0.15, 0.2) is 0 Å². The van der Waals surface area contributed by atoms with Crippen LogP contribution in [0, 0.1) is 12.8 Å². The zero-order valence-electron chi connectivity index (χ0n) is 10.3. The largest absolute Gasteiger partial charge is 0.378 e. The molecule has 2 rings (SSSR count). The summed E-state index contributed by atoms with van der Waals surface area (Å²) < 4.78 is 5.51. The molecule has 1 aliphatic heterocycles. The van der Waals surface area contributed by atoms with E-state index in [1.54, 1.807) is 12.4 Å². The van der Waals surface area contributed by atoms with E-state index in [0.717, 1.165) is 30.7 Å². The van der Waals surface area contributed by atoms with Crippen LogP contribution in [0.25, 0.3) is 0 Å². The Labute approximate surface area is 101 Å². The molecule has 0 spiro atoms. The Morgan fingerprint density at radius 2 is 2.41 bits per heavy atom. The third kappa shape index (κ3) is 2.82. The number of carbonyl (C=O) groups is 1. The third-order valence-corrected chi connectivity index (χ3v) is 3.22. The Kier molecular flexibility index (Phi) is 3.74. The number of nitrogens with one attached hydrogen (secondary N) is 1. The van der Waals surface area contributed by atoms with Gasteiger partial charge in [-0.05, 0) is 38.3 Å². The van der Waals surface area contributed by atoms with E-state index in [-0.39, 0.29) is 17.9 Å². The highest BCUT2D eigenvalue weighted by Gasteiger charge is 2.28.